The quantitative estimate of drug-likeness (QED) is 0.599. The van der Waals surface area contributed by atoms with Crippen molar-refractivity contribution < 1.29 is 4.79 Å². The first-order chi connectivity index (χ1) is 12.5. The number of amides is 1. The van der Waals surface area contributed by atoms with Crippen LogP contribution in [0.2, 0.25) is 5.02 Å². The van der Waals surface area contributed by atoms with Crippen LogP contribution in [0.4, 0.5) is 11.5 Å². The van der Waals surface area contributed by atoms with Crippen molar-refractivity contribution in [2.24, 2.45) is 0 Å². The third-order valence-electron chi connectivity index (χ3n) is 4.55. The number of thioether (sulfide) groups is 1. The molecule has 1 atom stereocenters. The van der Waals surface area contributed by atoms with Crippen molar-refractivity contribution in [3.63, 3.8) is 0 Å². The second kappa shape index (κ2) is 8.73. The number of aromatic nitrogens is 2. The first-order valence-electron chi connectivity index (χ1n) is 8.80. The van der Waals surface area contributed by atoms with E-state index < -0.39 is 0 Å². The van der Waals surface area contributed by atoms with Gasteiger partial charge in [-0.1, -0.05) is 29.4 Å². The minimum Gasteiger partial charge on any atom is -0.354 e. The molecule has 7 heteroatoms. The molecular formula is C19H23ClN4OS. The van der Waals surface area contributed by atoms with Gasteiger partial charge in [0.1, 0.15) is 17.2 Å². The molecular weight excluding hydrogens is 368 g/mol. The minimum atomic E-state index is -0.0770. The van der Waals surface area contributed by atoms with E-state index in [1.165, 1.54) is 31.0 Å². The van der Waals surface area contributed by atoms with Gasteiger partial charge in [0.2, 0.25) is 5.91 Å². The number of halogens is 1. The number of aryl methyl sites for hydroxylation is 1. The van der Waals surface area contributed by atoms with Crippen LogP contribution in [0.5, 0.6) is 0 Å². The summed E-state index contributed by atoms with van der Waals surface area (Å²) in [5.74, 6) is 1.16. The zero-order valence-electron chi connectivity index (χ0n) is 15.0. The lowest BCUT2D eigenvalue weighted by Gasteiger charge is -2.34. The fraction of sp³-hybridized carbons (Fsp3) is 0.421. The van der Waals surface area contributed by atoms with E-state index in [0.717, 1.165) is 28.6 Å². The lowest BCUT2D eigenvalue weighted by molar-refractivity contribution is -0.113. The molecule has 1 aliphatic heterocycles. The Balaban J connectivity index is 1.60. The summed E-state index contributed by atoms with van der Waals surface area (Å²) in [5, 5.41) is 4.33. The molecule has 26 heavy (non-hydrogen) atoms. The van der Waals surface area contributed by atoms with E-state index in [0.29, 0.717) is 11.1 Å². The molecule has 1 N–H and O–H groups in total. The van der Waals surface area contributed by atoms with Crippen LogP contribution in [0.1, 0.15) is 31.7 Å². The van der Waals surface area contributed by atoms with Gasteiger partial charge < -0.3 is 10.2 Å². The van der Waals surface area contributed by atoms with Crippen LogP contribution in [-0.2, 0) is 4.79 Å². The van der Waals surface area contributed by atoms with Crippen LogP contribution in [-0.4, -0.2) is 34.2 Å². The Morgan fingerprint density at radius 2 is 2.19 bits per heavy atom. The second-order valence-electron chi connectivity index (χ2n) is 6.55. The summed E-state index contributed by atoms with van der Waals surface area (Å²) in [6.07, 6.45) is 5.23. The van der Waals surface area contributed by atoms with Crippen molar-refractivity contribution in [2.45, 2.75) is 44.2 Å². The number of carbonyl (C=O) groups excluding carboxylic acids is 1. The molecule has 0 bridgehead atoms. The monoisotopic (exact) mass is 390 g/mol. The molecule has 0 radical (unpaired) electrons. The summed E-state index contributed by atoms with van der Waals surface area (Å²) in [7, 11) is 0. The minimum absolute atomic E-state index is 0.0770. The van der Waals surface area contributed by atoms with Gasteiger partial charge in [-0.25, -0.2) is 9.97 Å². The highest BCUT2D eigenvalue weighted by Crippen LogP contribution is 2.26. The third kappa shape index (κ3) is 4.89. The SMILES string of the molecule is Cc1ccc(Cl)cc1NC(=O)CSc1cc(N2CCCC[C@H]2C)ncn1. The van der Waals surface area contributed by atoms with E-state index in [9.17, 15) is 4.79 Å². The van der Waals surface area contributed by atoms with Crippen LogP contribution in [0.15, 0.2) is 35.6 Å². The number of hydrogen-bond acceptors (Lipinski definition) is 5. The number of rotatable bonds is 5. The van der Waals surface area contributed by atoms with E-state index >= 15 is 0 Å². The normalized spacial score (nSPS) is 17.2. The first-order valence-corrected chi connectivity index (χ1v) is 10.2. The Labute approximate surface area is 163 Å². The van der Waals surface area contributed by atoms with Gasteiger partial charge in [0.15, 0.2) is 0 Å². The van der Waals surface area contributed by atoms with Gasteiger partial charge in [-0.05, 0) is 50.8 Å². The average Bonchev–Trinajstić information content (AvgIpc) is 2.64. The number of anilines is 2. The molecule has 1 fully saturated rings. The lowest BCUT2D eigenvalue weighted by atomic mass is 10.0. The average molecular weight is 391 g/mol. The van der Waals surface area contributed by atoms with Crippen molar-refractivity contribution in [3.05, 3.63) is 41.2 Å². The van der Waals surface area contributed by atoms with E-state index in [4.69, 9.17) is 11.6 Å². The van der Waals surface area contributed by atoms with E-state index in [1.54, 1.807) is 12.4 Å². The summed E-state index contributed by atoms with van der Waals surface area (Å²) in [4.78, 5) is 23.3. The Morgan fingerprint density at radius 1 is 1.35 bits per heavy atom. The molecule has 3 rings (SSSR count). The smallest absolute Gasteiger partial charge is 0.234 e. The fourth-order valence-electron chi connectivity index (χ4n) is 3.06. The molecule has 0 unspecified atom stereocenters. The molecule has 0 aliphatic carbocycles. The van der Waals surface area contributed by atoms with Crippen LogP contribution in [0, 0.1) is 6.92 Å². The van der Waals surface area contributed by atoms with Gasteiger partial charge in [-0.3, -0.25) is 4.79 Å². The van der Waals surface area contributed by atoms with E-state index in [1.807, 2.05) is 25.1 Å². The third-order valence-corrected chi connectivity index (χ3v) is 5.71. The molecule has 1 aliphatic rings. The molecule has 1 aromatic carbocycles. The predicted molar refractivity (Wildman–Crippen MR) is 108 cm³/mol. The summed E-state index contributed by atoms with van der Waals surface area (Å²) < 4.78 is 0. The van der Waals surface area contributed by atoms with E-state index in [-0.39, 0.29) is 11.7 Å². The zero-order valence-corrected chi connectivity index (χ0v) is 16.6. The Kier molecular flexibility index (Phi) is 6.38. The molecule has 0 saturated carbocycles. The van der Waals surface area contributed by atoms with Crippen molar-refractivity contribution in [1.29, 1.82) is 0 Å². The van der Waals surface area contributed by atoms with Gasteiger partial charge in [0.05, 0.1) is 5.75 Å². The van der Waals surface area contributed by atoms with Crippen molar-refractivity contribution >= 4 is 40.8 Å². The first kappa shape index (κ1) is 19.0. The maximum Gasteiger partial charge on any atom is 0.234 e. The van der Waals surface area contributed by atoms with Crippen molar-refractivity contribution in [3.8, 4) is 0 Å². The molecule has 5 nitrogen and oxygen atoms in total. The molecule has 138 valence electrons. The second-order valence-corrected chi connectivity index (χ2v) is 7.98. The highest BCUT2D eigenvalue weighted by Gasteiger charge is 2.20. The van der Waals surface area contributed by atoms with Crippen molar-refractivity contribution in [1.82, 2.24) is 9.97 Å². The fourth-order valence-corrected chi connectivity index (χ4v) is 3.89. The maximum atomic E-state index is 12.3. The summed E-state index contributed by atoms with van der Waals surface area (Å²) >= 11 is 7.41. The van der Waals surface area contributed by atoms with Gasteiger partial charge in [0, 0.05) is 29.4 Å². The molecule has 1 saturated heterocycles. The molecule has 1 aromatic heterocycles. The summed E-state index contributed by atoms with van der Waals surface area (Å²) in [5.41, 5.74) is 1.73. The number of benzene rings is 1. The number of piperidine rings is 1. The van der Waals surface area contributed by atoms with E-state index in [2.05, 4.69) is 27.1 Å². The van der Waals surface area contributed by atoms with Gasteiger partial charge in [-0.15, -0.1) is 0 Å². The Bertz CT molecular complexity index is 786. The van der Waals surface area contributed by atoms with Crippen molar-refractivity contribution in [2.75, 3.05) is 22.5 Å². The largest absolute Gasteiger partial charge is 0.354 e. The van der Waals surface area contributed by atoms with Gasteiger partial charge >= 0.3 is 0 Å². The van der Waals surface area contributed by atoms with Crippen LogP contribution in [0.3, 0.4) is 0 Å². The summed E-state index contributed by atoms with van der Waals surface area (Å²) in [6, 6.07) is 7.93. The van der Waals surface area contributed by atoms with Gasteiger partial charge in [0.25, 0.3) is 0 Å². The molecule has 2 heterocycles. The number of nitrogens with one attached hydrogen (secondary N) is 1. The Hall–Kier alpha value is -1.79. The van der Waals surface area contributed by atoms with Crippen LogP contribution in [0.25, 0.3) is 0 Å². The number of hydrogen-bond donors (Lipinski definition) is 1. The topological polar surface area (TPSA) is 58.1 Å². The molecule has 0 spiro atoms. The number of carbonyl (C=O) groups is 1. The zero-order chi connectivity index (χ0) is 18.5. The van der Waals surface area contributed by atoms with Gasteiger partial charge in [-0.2, -0.15) is 0 Å². The molecule has 1 amide bonds. The number of nitrogens with zero attached hydrogens (tertiary/aromatic N) is 3. The lowest BCUT2D eigenvalue weighted by Crippen LogP contribution is -2.38. The van der Waals surface area contributed by atoms with Crippen LogP contribution < -0.4 is 10.2 Å². The molecule has 2 aromatic rings. The summed E-state index contributed by atoms with van der Waals surface area (Å²) in [6.45, 7) is 5.20. The Morgan fingerprint density at radius 3 is 3.00 bits per heavy atom. The maximum absolute atomic E-state index is 12.3. The highest BCUT2D eigenvalue weighted by molar-refractivity contribution is 7.99. The van der Waals surface area contributed by atoms with Crippen LogP contribution >= 0.6 is 23.4 Å². The highest BCUT2D eigenvalue weighted by atomic mass is 35.5. The standard InChI is InChI=1S/C19H23ClN4OS/c1-13-6-7-15(20)9-16(13)23-18(25)11-26-19-10-17(21-12-22-19)24-8-4-3-5-14(24)2/h6-7,9-10,12,14H,3-5,8,11H2,1-2H3,(H,23,25)/t14-/m1/s1. The predicted octanol–water partition coefficient (Wildman–Crippen LogP) is 4.55.